The van der Waals surface area contributed by atoms with E-state index in [0.29, 0.717) is 5.95 Å². The van der Waals surface area contributed by atoms with Crippen molar-refractivity contribution in [1.82, 2.24) is 23.5 Å². The van der Waals surface area contributed by atoms with Crippen LogP contribution in [0.1, 0.15) is 17.5 Å². The quantitative estimate of drug-likeness (QED) is 0.183. The first-order chi connectivity index (χ1) is 26.3. The molecule has 1 aliphatic carbocycles. The van der Waals surface area contributed by atoms with E-state index in [1.54, 1.807) is 0 Å². The fourth-order valence-corrected chi connectivity index (χ4v) is 9.70. The highest BCUT2D eigenvalue weighted by molar-refractivity contribution is 6.33. The minimum absolute atomic E-state index is 0.675. The smallest absolute Gasteiger partial charge is 0.237 e. The molecule has 0 fully saturated rings. The summed E-state index contributed by atoms with van der Waals surface area (Å²) in [5, 5.41) is 11.1. The lowest BCUT2D eigenvalue weighted by atomic mass is 9.94. The lowest BCUT2D eigenvalue weighted by molar-refractivity contribution is 0.961. The van der Waals surface area contributed by atoms with E-state index in [9.17, 15) is 0 Å². The predicted molar refractivity (Wildman–Crippen MR) is 220 cm³/mol. The highest BCUT2D eigenvalue weighted by Gasteiger charge is 2.26. The second-order valence-corrected chi connectivity index (χ2v) is 14.5. The number of nitrogens with zero attached hydrogens (tertiary/aromatic N) is 5. The van der Waals surface area contributed by atoms with Crippen LogP contribution < -0.4 is 0 Å². The van der Waals surface area contributed by atoms with Crippen molar-refractivity contribution in [2.75, 3.05) is 0 Å². The second-order valence-electron chi connectivity index (χ2n) is 14.5. The molecule has 0 bridgehead atoms. The highest BCUT2D eigenvalue weighted by atomic mass is 15.2. The average Bonchev–Trinajstić information content (AvgIpc) is 3.95. The Hall–Kier alpha value is -6.98. The largest absolute Gasteiger partial charge is 0.308 e. The molecule has 0 unspecified atom stereocenters. The molecule has 13 rings (SSSR count). The summed E-state index contributed by atoms with van der Waals surface area (Å²) in [5.41, 5.74) is 11.8. The van der Waals surface area contributed by atoms with Gasteiger partial charge in [-0.05, 0) is 60.9 Å². The van der Waals surface area contributed by atoms with Crippen LogP contribution in [0.3, 0.4) is 0 Å². The van der Waals surface area contributed by atoms with E-state index in [-0.39, 0.29) is 0 Å². The zero-order valence-corrected chi connectivity index (χ0v) is 28.6. The lowest BCUT2D eigenvalue weighted by Crippen LogP contribution is -2.08. The van der Waals surface area contributed by atoms with Crippen LogP contribution in [0.15, 0.2) is 146 Å². The molecule has 0 atom stereocenters. The molecule has 0 N–H and O–H groups in total. The molecule has 0 saturated heterocycles. The molecule has 0 spiro atoms. The molecule has 7 aromatic carbocycles. The summed E-state index contributed by atoms with van der Waals surface area (Å²) in [5.74, 6) is 1.56. The second kappa shape index (κ2) is 9.87. The maximum atomic E-state index is 5.62. The molecule has 246 valence electrons. The Bertz CT molecular complexity index is 3520. The molecular formula is C48H29N5. The van der Waals surface area contributed by atoms with Crippen LogP contribution in [-0.2, 0) is 6.42 Å². The van der Waals surface area contributed by atoms with Crippen molar-refractivity contribution in [3.8, 4) is 11.8 Å². The van der Waals surface area contributed by atoms with E-state index in [2.05, 4.69) is 165 Å². The summed E-state index contributed by atoms with van der Waals surface area (Å²) >= 11 is 0. The minimum atomic E-state index is 0.675. The first kappa shape index (κ1) is 27.7. The molecule has 5 heterocycles. The van der Waals surface area contributed by atoms with E-state index >= 15 is 0 Å². The first-order valence-electron chi connectivity index (χ1n) is 18.4. The Balaban J connectivity index is 1.23. The van der Waals surface area contributed by atoms with Crippen LogP contribution in [0.5, 0.6) is 0 Å². The van der Waals surface area contributed by atoms with Crippen molar-refractivity contribution < 1.29 is 0 Å². The molecule has 0 radical (unpaired) electrons. The molecule has 5 aromatic heterocycles. The molecule has 53 heavy (non-hydrogen) atoms. The summed E-state index contributed by atoms with van der Waals surface area (Å²) in [4.78, 5) is 11.0. The van der Waals surface area contributed by atoms with Crippen molar-refractivity contribution in [1.29, 1.82) is 0 Å². The average molecular weight is 676 g/mol. The van der Waals surface area contributed by atoms with E-state index in [1.165, 1.54) is 76.3 Å². The summed E-state index contributed by atoms with van der Waals surface area (Å²) in [7, 11) is 0. The van der Waals surface area contributed by atoms with Crippen LogP contribution in [0.25, 0.3) is 110 Å². The van der Waals surface area contributed by atoms with E-state index in [4.69, 9.17) is 9.97 Å². The minimum Gasteiger partial charge on any atom is -0.308 e. The Morgan fingerprint density at radius 2 is 1.06 bits per heavy atom. The molecule has 5 nitrogen and oxygen atoms in total. The van der Waals surface area contributed by atoms with Crippen LogP contribution >= 0.6 is 0 Å². The van der Waals surface area contributed by atoms with Gasteiger partial charge in [0.2, 0.25) is 5.95 Å². The first-order valence-corrected chi connectivity index (χ1v) is 18.4. The van der Waals surface area contributed by atoms with Crippen molar-refractivity contribution in [2.24, 2.45) is 0 Å². The third-order valence-electron chi connectivity index (χ3n) is 11.8. The van der Waals surface area contributed by atoms with Crippen molar-refractivity contribution in [3.63, 3.8) is 0 Å². The molecule has 5 heteroatoms. The number of allylic oxidation sites excluding steroid dienone is 1. The Morgan fingerprint density at radius 1 is 0.434 bits per heavy atom. The summed E-state index contributed by atoms with van der Waals surface area (Å²) in [6, 6.07) is 50.7. The van der Waals surface area contributed by atoms with Crippen molar-refractivity contribution in [2.45, 2.75) is 12.8 Å². The van der Waals surface area contributed by atoms with Gasteiger partial charge < -0.3 is 4.40 Å². The summed E-state index contributed by atoms with van der Waals surface area (Å²) < 4.78 is 7.16. The number of para-hydroxylation sites is 5. The van der Waals surface area contributed by atoms with Crippen LogP contribution in [0.4, 0.5) is 0 Å². The topological polar surface area (TPSA) is 40.0 Å². The van der Waals surface area contributed by atoms with Gasteiger partial charge in [0.05, 0.1) is 44.1 Å². The normalized spacial score (nSPS) is 13.4. The lowest BCUT2D eigenvalue weighted by Gasteiger charge is -2.16. The van der Waals surface area contributed by atoms with Gasteiger partial charge in [0.1, 0.15) is 0 Å². The predicted octanol–water partition coefficient (Wildman–Crippen LogP) is 11.9. The summed E-state index contributed by atoms with van der Waals surface area (Å²) in [6.07, 6.45) is 6.70. The molecular weight excluding hydrogens is 647 g/mol. The van der Waals surface area contributed by atoms with Crippen LogP contribution in [-0.4, -0.2) is 23.5 Å². The standard InChI is InChI=1S/C48H29N5/c1-2-13-29-28(12-1)24-25-36-44-42(27-26-41-43(44)35-19-11-18-33-32-16-6-8-21-38(32)51(41)46(33)35)53(45(29)36)48-49-37-20-7-3-17-34(37)47(50-48)52-39-22-9-4-14-30(39)31-15-5-10-23-40(31)52/h2-11,13-27H,1,12H2. The third kappa shape index (κ3) is 3.42. The van der Waals surface area contributed by atoms with Gasteiger partial charge in [-0.15, -0.1) is 0 Å². The molecule has 0 amide bonds. The number of rotatable bonds is 2. The molecule has 0 aliphatic heterocycles. The van der Waals surface area contributed by atoms with Gasteiger partial charge in [0.15, 0.2) is 5.82 Å². The molecule has 12 aromatic rings. The van der Waals surface area contributed by atoms with Gasteiger partial charge in [-0.1, -0.05) is 109 Å². The van der Waals surface area contributed by atoms with Gasteiger partial charge in [-0.25, -0.2) is 4.98 Å². The van der Waals surface area contributed by atoms with Gasteiger partial charge >= 0.3 is 0 Å². The maximum Gasteiger partial charge on any atom is 0.237 e. The SMILES string of the molecule is C1=Cc2c(ccc3c4c5c6cccc7c8ccccc8n(c5ccc4n(-c4nc(-n5c8ccccc8c8ccccc85)c5ccccc5n4)c23)c76)CC1. The van der Waals surface area contributed by atoms with Crippen molar-refractivity contribution >= 4 is 98.7 Å². The van der Waals surface area contributed by atoms with Gasteiger partial charge in [0.25, 0.3) is 0 Å². The fraction of sp³-hybridized carbons (Fsp3) is 0.0417. The number of fused-ring (bicyclic) bond motifs is 16. The van der Waals surface area contributed by atoms with E-state index < -0.39 is 0 Å². The summed E-state index contributed by atoms with van der Waals surface area (Å²) in [6.45, 7) is 0. The Morgan fingerprint density at radius 3 is 1.87 bits per heavy atom. The number of hydrogen-bond acceptors (Lipinski definition) is 2. The van der Waals surface area contributed by atoms with E-state index in [1.807, 2.05) is 0 Å². The number of hydrogen-bond donors (Lipinski definition) is 0. The number of benzene rings is 7. The Kier molecular flexibility index (Phi) is 5.16. The number of aryl methyl sites for hydroxylation is 1. The monoisotopic (exact) mass is 675 g/mol. The van der Waals surface area contributed by atoms with Crippen LogP contribution in [0.2, 0.25) is 0 Å². The maximum absolute atomic E-state index is 5.62. The van der Waals surface area contributed by atoms with Gasteiger partial charge in [-0.2, -0.15) is 4.98 Å². The van der Waals surface area contributed by atoms with Crippen LogP contribution in [0, 0.1) is 0 Å². The molecule has 0 saturated carbocycles. The zero-order chi connectivity index (χ0) is 34.4. The third-order valence-corrected chi connectivity index (χ3v) is 11.8. The van der Waals surface area contributed by atoms with Crippen molar-refractivity contribution in [3.05, 3.63) is 157 Å². The zero-order valence-electron chi connectivity index (χ0n) is 28.6. The number of aromatic nitrogens is 5. The van der Waals surface area contributed by atoms with Gasteiger partial charge in [0, 0.05) is 54.0 Å². The molecule has 1 aliphatic rings. The highest BCUT2D eigenvalue weighted by Crippen LogP contribution is 2.46. The fourth-order valence-electron chi connectivity index (χ4n) is 9.70. The van der Waals surface area contributed by atoms with E-state index in [0.717, 1.165) is 46.1 Å². The van der Waals surface area contributed by atoms with Gasteiger partial charge in [-0.3, -0.25) is 9.13 Å². The Labute approximate surface area is 302 Å².